The normalized spacial score (nSPS) is 33.2. The van der Waals surface area contributed by atoms with Gasteiger partial charge in [0.2, 0.25) is 33.7 Å². The van der Waals surface area contributed by atoms with E-state index in [9.17, 15) is 27.6 Å². The Labute approximate surface area is 346 Å². The van der Waals surface area contributed by atoms with Crippen LogP contribution in [-0.2, 0) is 34.0 Å². The number of amides is 5. The topological polar surface area (TPSA) is 174 Å². The van der Waals surface area contributed by atoms with E-state index in [1.54, 1.807) is 17.9 Å². The monoisotopic (exact) mass is 827 g/mol. The highest BCUT2D eigenvalue weighted by atomic mass is 32.2. The Hall–Kier alpha value is -3.00. The van der Waals surface area contributed by atoms with Crippen LogP contribution in [0.3, 0.4) is 0 Å². The van der Waals surface area contributed by atoms with Gasteiger partial charge in [0.1, 0.15) is 23.7 Å². The van der Waals surface area contributed by atoms with Gasteiger partial charge in [0, 0.05) is 23.9 Å². The molecule has 7 rings (SSSR count). The maximum Gasteiger partial charge on any atom is 0.259 e. The third-order valence-electron chi connectivity index (χ3n) is 16.6. The highest BCUT2D eigenvalue weighted by Gasteiger charge is 2.85. The molecule has 7 fully saturated rings. The summed E-state index contributed by atoms with van der Waals surface area (Å²) >= 11 is 0. The van der Waals surface area contributed by atoms with Gasteiger partial charge < -0.3 is 20.9 Å². The predicted octanol–water partition coefficient (Wildman–Crippen LogP) is 4.31. The summed E-state index contributed by atoms with van der Waals surface area (Å²) in [5, 5.41) is 9.29. The number of sulfonamides is 1. The van der Waals surface area contributed by atoms with E-state index in [-0.39, 0.29) is 58.4 Å². The molecule has 2 heterocycles. The molecule has 0 aromatic heterocycles. The number of fused-ring (bicyclic) bond motifs is 1. The summed E-state index contributed by atoms with van der Waals surface area (Å²) in [5.74, 6) is -2.72. The molecule has 2 saturated heterocycles. The van der Waals surface area contributed by atoms with Crippen LogP contribution in [0.1, 0.15) is 145 Å². The van der Waals surface area contributed by atoms with Crippen LogP contribution < -0.4 is 20.7 Å². The average Bonchev–Trinajstić information content (AvgIpc) is 4.00. The lowest BCUT2D eigenvalue weighted by Gasteiger charge is -2.38. The SMILES string of the molecule is C=C[C@@H]1C[C@]1(NC(=O)[C@@H]1C[C@@]2(CN1C(=O)[C@@H](NC(=O)[C@@H](NC(=O)[C@@H]1CCCN1C(C)C)C1CCCCC1)C(C)(C)C)C(C)(C)C21CCC1)C(=O)NS(=O)(=O)C1(C)CC1. The highest BCUT2D eigenvalue weighted by molar-refractivity contribution is 7.91. The summed E-state index contributed by atoms with van der Waals surface area (Å²) in [6, 6.07) is -2.88. The second-order valence-electron chi connectivity index (χ2n) is 21.4. The molecule has 4 N–H and O–H groups in total. The van der Waals surface area contributed by atoms with Crippen molar-refractivity contribution in [2.75, 3.05) is 13.1 Å². The molecule has 0 aromatic carbocycles. The first-order valence-electron chi connectivity index (χ1n) is 22.2. The molecule has 5 amide bonds. The minimum atomic E-state index is -3.97. The first kappa shape index (κ1) is 43.1. The molecule has 5 aliphatic carbocycles. The molecule has 58 heavy (non-hydrogen) atoms. The van der Waals surface area contributed by atoms with Crippen molar-refractivity contribution in [1.29, 1.82) is 0 Å². The molecule has 2 aliphatic heterocycles. The summed E-state index contributed by atoms with van der Waals surface area (Å²) in [7, 11) is -3.97. The standard InChI is InChI=1S/C44H70N6O7S/c1-10-29-24-44(29,38(55)48-58(56,57)41(9)21-22-41)47-35(52)31-25-43(40(7,8)42(43)19-15-20-42)26-50(31)37(54)33(39(4,5)6)46-36(53)32(28-16-12-11-13-17-28)45-34(51)30-18-14-23-49(30)27(2)3/h10,27-33H,1,11-26H2,2-9H3,(H,45,51)(H,46,53)(H,47,52)(H,48,55)/t29-,30+,31+,32+,33-,43-,44-/m1/s1. The summed E-state index contributed by atoms with van der Waals surface area (Å²) in [6.45, 7) is 21.0. The number of carbonyl (C=O) groups excluding carboxylic acids is 5. The van der Waals surface area contributed by atoms with Crippen molar-refractivity contribution in [2.45, 2.75) is 186 Å². The Morgan fingerprint density at radius 2 is 1.47 bits per heavy atom. The van der Waals surface area contributed by atoms with Crippen molar-refractivity contribution in [3.63, 3.8) is 0 Å². The molecule has 7 atom stereocenters. The van der Waals surface area contributed by atoms with E-state index in [1.165, 1.54) is 0 Å². The van der Waals surface area contributed by atoms with E-state index in [4.69, 9.17) is 0 Å². The van der Waals surface area contributed by atoms with E-state index in [0.717, 1.165) is 70.8 Å². The van der Waals surface area contributed by atoms with Gasteiger partial charge in [-0.1, -0.05) is 66.4 Å². The maximum atomic E-state index is 15.2. The minimum Gasteiger partial charge on any atom is -0.343 e. The largest absolute Gasteiger partial charge is 0.343 e. The first-order valence-corrected chi connectivity index (χ1v) is 23.7. The third-order valence-corrected chi connectivity index (χ3v) is 18.8. The Bertz CT molecular complexity index is 1830. The Morgan fingerprint density at radius 1 is 0.810 bits per heavy atom. The summed E-state index contributed by atoms with van der Waals surface area (Å²) < 4.78 is 27.5. The fourth-order valence-electron chi connectivity index (χ4n) is 12.0. The van der Waals surface area contributed by atoms with Crippen LogP contribution in [0.4, 0.5) is 0 Å². The molecule has 5 saturated carbocycles. The van der Waals surface area contributed by atoms with Crippen LogP contribution in [0.5, 0.6) is 0 Å². The van der Waals surface area contributed by atoms with Gasteiger partial charge in [0.15, 0.2) is 0 Å². The molecular formula is C44H70N6O7S. The van der Waals surface area contributed by atoms with Gasteiger partial charge in [-0.3, -0.25) is 33.6 Å². The Balaban J connectivity index is 1.16. The highest BCUT2D eigenvalue weighted by Crippen LogP contribution is 2.88. The molecule has 0 aromatic rings. The van der Waals surface area contributed by atoms with Crippen molar-refractivity contribution in [2.24, 2.45) is 33.5 Å². The fourth-order valence-corrected chi connectivity index (χ4v) is 13.3. The number of likely N-dealkylation sites (tertiary alicyclic amines) is 2. The van der Waals surface area contributed by atoms with Gasteiger partial charge in [-0.15, -0.1) is 6.58 Å². The number of hydrogen-bond acceptors (Lipinski definition) is 8. The van der Waals surface area contributed by atoms with E-state index in [0.29, 0.717) is 25.8 Å². The van der Waals surface area contributed by atoms with Crippen LogP contribution in [0.2, 0.25) is 0 Å². The van der Waals surface area contributed by atoms with Crippen molar-refractivity contribution in [3.05, 3.63) is 12.7 Å². The molecule has 7 aliphatic rings. The number of rotatable bonds is 13. The quantitative estimate of drug-likeness (QED) is 0.199. The zero-order valence-electron chi connectivity index (χ0n) is 36.3. The molecule has 13 nitrogen and oxygen atoms in total. The van der Waals surface area contributed by atoms with E-state index in [1.807, 2.05) is 20.8 Å². The lowest BCUT2D eigenvalue weighted by atomic mass is 9.73. The van der Waals surface area contributed by atoms with Gasteiger partial charge >= 0.3 is 0 Å². The maximum absolute atomic E-state index is 15.2. The van der Waals surface area contributed by atoms with Gasteiger partial charge in [0.25, 0.3) is 5.91 Å². The first-order chi connectivity index (χ1) is 27.0. The summed E-state index contributed by atoms with van der Waals surface area (Å²) in [4.78, 5) is 76.2. The van der Waals surface area contributed by atoms with Crippen molar-refractivity contribution in [3.8, 4) is 0 Å². The van der Waals surface area contributed by atoms with Crippen molar-refractivity contribution >= 4 is 39.6 Å². The molecule has 0 radical (unpaired) electrons. The summed E-state index contributed by atoms with van der Waals surface area (Å²) in [5.41, 5.74) is -2.75. The molecular weight excluding hydrogens is 757 g/mol. The zero-order valence-corrected chi connectivity index (χ0v) is 37.1. The van der Waals surface area contributed by atoms with Gasteiger partial charge in [0.05, 0.1) is 10.8 Å². The molecule has 2 spiro atoms. The van der Waals surface area contributed by atoms with Gasteiger partial charge in [-0.05, 0) is 114 Å². The molecule has 0 bridgehead atoms. The third kappa shape index (κ3) is 6.82. The number of nitrogens with one attached hydrogen (secondary N) is 4. The smallest absolute Gasteiger partial charge is 0.259 e. The Kier molecular flexibility index (Phi) is 10.8. The van der Waals surface area contributed by atoms with Crippen molar-refractivity contribution < 1.29 is 32.4 Å². The van der Waals surface area contributed by atoms with E-state index >= 15 is 4.79 Å². The minimum absolute atomic E-state index is 0.0133. The fraction of sp³-hybridized carbons (Fsp3) is 0.841. The van der Waals surface area contributed by atoms with Gasteiger partial charge in [-0.2, -0.15) is 0 Å². The van der Waals surface area contributed by atoms with Crippen LogP contribution in [0.15, 0.2) is 12.7 Å². The zero-order chi connectivity index (χ0) is 42.4. The lowest BCUT2D eigenvalue weighted by Crippen LogP contribution is -2.63. The number of hydrogen-bond donors (Lipinski definition) is 4. The van der Waals surface area contributed by atoms with Crippen LogP contribution >= 0.6 is 0 Å². The van der Waals surface area contributed by atoms with Gasteiger partial charge in [-0.25, -0.2) is 8.42 Å². The number of nitrogens with zero attached hydrogens (tertiary/aromatic N) is 2. The van der Waals surface area contributed by atoms with Crippen LogP contribution in [0.25, 0.3) is 0 Å². The summed E-state index contributed by atoms with van der Waals surface area (Å²) in [6.07, 6.45) is 12.5. The number of carbonyl (C=O) groups is 5. The lowest BCUT2D eigenvalue weighted by molar-refractivity contribution is -0.145. The van der Waals surface area contributed by atoms with E-state index in [2.05, 4.69) is 59.8 Å². The predicted molar refractivity (Wildman–Crippen MR) is 221 cm³/mol. The van der Waals surface area contributed by atoms with E-state index < -0.39 is 61.6 Å². The average molecular weight is 827 g/mol. The second-order valence-corrected chi connectivity index (χ2v) is 23.6. The second kappa shape index (κ2) is 14.6. The molecule has 14 heteroatoms. The van der Waals surface area contributed by atoms with Crippen LogP contribution in [0, 0.1) is 33.5 Å². The van der Waals surface area contributed by atoms with Crippen LogP contribution in [-0.4, -0.2) is 101 Å². The Morgan fingerprint density at radius 3 is 1.98 bits per heavy atom. The molecule has 324 valence electrons. The van der Waals surface area contributed by atoms with Crippen molar-refractivity contribution in [1.82, 2.24) is 30.5 Å². The molecule has 0 unspecified atom stereocenters.